The fourth-order valence-electron chi connectivity index (χ4n) is 2.32. The van der Waals surface area contributed by atoms with Gasteiger partial charge in [0.25, 0.3) is 0 Å². The fourth-order valence-corrected chi connectivity index (χ4v) is 3.99. The SMILES string of the molecule is N#Cc1c(Br)cn2c(N3CCCC3)cnc2c1I. The van der Waals surface area contributed by atoms with Gasteiger partial charge in [-0.15, -0.1) is 0 Å². The summed E-state index contributed by atoms with van der Waals surface area (Å²) in [5.74, 6) is 1.12. The van der Waals surface area contributed by atoms with Gasteiger partial charge in [0, 0.05) is 19.3 Å². The summed E-state index contributed by atoms with van der Waals surface area (Å²) < 4.78 is 3.79. The number of nitriles is 1. The van der Waals surface area contributed by atoms with Gasteiger partial charge >= 0.3 is 0 Å². The Kier molecular flexibility index (Phi) is 3.20. The predicted molar refractivity (Wildman–Crippen MR) is 81.8 cm³/mol. The summed E-state index contributed by atoms with van der Waals surface area (Å²) in [6.45, 7) is 2.17. The quantitative estimate of drug-likeness (QED) is 0.670. The standard InChI is InChI=1S/C12H10BrIN4/c13-9-7-18-10(17-3-1-2-4-17)6-16-12(18)11(14)8(9)5-15/h6-7H,1-4H2. The highest BCUT2D eigenvalue weighted by atomic mass is 127. The van der Waals surface area contributed by atoms with Crippen LogP contribution in [0.2, 0.25) is 0 Å². The van der Waals surface area contributed by atoms with Crippen LogP contribution in [0.4, 0.5) is 5.82 Å². The van der Waals surface area contributed by atoms with E-state index >= 15 is 0 Å². The Morgan fingerprint density at radius 1 is 1.39 bits per heavy atom. The third-order valence-corrected chi connectivity index (χ3v) is 4.84. The van der Waals surface area contributed by atoms with Crippen LogP contribution in [0.5, 0.6) is 0 Å². The summed E-state index contributed by atoms with van der Waals surface area (Å²) in [5, 5.41) is 9.14. The Labute approximate surface area is 127 Å². The zero-order valence-electron chi connectivity index (χ0n) is 9.53. The van der Waals surface area contributed by atoms with Crippen LogP contribution in [0.1, 0.15) is 18.4 Å². The Morgan fingerprint density at radius 2 is 2.11 bits per heavy atom. The molecule has 3 heterocycles. The van der Waals surface area contributed by atoms with Crippen molar-refractivity contribution in [3.63, 3.8) is 0 Å². The van der Waals surface area contributed by atoms with Gasteiger partial charge in [-0.05, 0) is 51.4 Å². The molecule has 1 saturated heterocycles. The van der Waals surface area contributed by atoms with E-state index in [1.54, 1.807) is 0 Å². The largest absolute Gasteiger partial charge is 0.356 e. The van der Waals surface area contributed by atoms with Gasteiger partial charge in [-0.3, -0.25) is 4.40 Å². The van der Waals surface area contributed by atoms with Crippen molar-refractivity contribution in [2.75, 3.05) is 18.0 Å². The van der Waals surface area contributed by atoms with E-state index in [0.29, 0.717) is 5.56 Å². The van der Waals surface area contributed by atoms with Gasteiger partial charge in [-0.25, -0.2) is 4.98 Å². The van der Waals surface area contributed by atoms with E-state index in [2.05, 4.69) is 58.9 Å². The van der Waals surface area contributed by atoms with Crippen LogP contribution in [-0.2, 0) is 0 Å². The number of pyridine rings is 1. The van der Waals surface area contributed by atoms with Crippen molar-refractivity contribution in [1.82, 2.24) is 9.38 Å². The highest BCUT2D eigenvalue weighted by Crippen LogP contribution is 2.29. The second kappa shape index (κ2) is 4.70. The molecule has 0 atom stereocenters. The molecule has 0 amide bonds. The summed E-state index contributed by atoms with van der Waals surface area (Å²) in [6, 6.07) is 2.21. The average molecular weight is 417 g/mol. The molecule has 0 radical (unpaired) electrons. The second-order valence-electron chi connectivity index (χ2n) is 4.28. The highest BCUT2D eigenvalue weighted by molar-refractivity contribution is 14.1. The maximum atomic E-state index is 9.14. The van der Waals surface area contributed by atoms with Gasteiger partial charge in [-0.1, -0.05) is 0 Å². The molecule has 6 heteroatoms. The molecule has 0 unspecified atom stereocenters. The molecule has 0 aliphatic carbocycles. The van der Waals surface area contributed by atoms with Crippen LogP contribution < -0.4 is 4.90 Å². The van der Waals surface area contributed by atoms with E-state index in [1.165, 1.54) is 12.8 Å². The highest BCUT2D eigenvalue weighted by Gasteiger charge is 2.19. The van der Waals surface area contributed by atoms with Crippen LogP contribution >= 0.6 is 38.5 Å². The molecule has 4 nitrogen and oxygen atoms in total. The average Bonchev–Trinajstić information content (AvgIpc) is 2.96. The van der Waals surface area contributed by atoms with E-state index < -0.39 is 0 Å². The minimum atomic E-state index is 0.654. The number of hydrogen-bond donors (Lipinski definition) is 0. The molecule has 18 heavy (non-hydrogen) atoms. The van der Waals surface area contributed by atoms with Gasteiger partial charge in [0.15, 0.2) is 5.65 Å². The van der Waals surface area contributed by atoms with Crippen molar-refractivity contribution < 1.29 is 0 Å². The molecule has 92 valence electrons. The van der Waals surface area contributed by atoms with Crippen molar-refractivity contribution in [3.8, 4) is 6.07 Å². The first-order chi connectivity index (χ1) is 8.72. The van der Waals surface area contributed by atoms with Gasteiger partial charge in [0.1, 0.15) is 11.9 Å². The van der Waals surface area contributed by atoms with Gasteiger partial charge in [0.2, 0.25) is 0 Å². The lowest BCUT2D eigenvalue weighted by Crippen LogP contribution is -2.19. The van der Waals surface area contributed by atoms with Crippen molar-refractivity contribution in [2.24, 2.45) is 0 Å². The molecule has 0 spiro atoms. The summed E-state index contributed by atoms with van der Waals surface area (Å²) in [4.78, 5) is 6.80. The number of halogens is 2. The third kappa shape index (κ3) is 1.80. The molecule has 0 bridgehead atoms. The topological polar surface area (TPSA) is 44.3 Å². The molecule has 0 aromatic carbocycles. The minimum Gasteiger partial charge on any atom is -0.356 e. The third-order valence-electron chi connectivity index (χ3n) is 3.22. The number of nitrogens with zero attached hydrogens (tertiary/aromatic N) is 4. The molecule has 2 aromatic rings. The predicted octanol–water partition coefficient (Wildman–Crippen LogP) is 3.17. The lowest BCUT2D eigenvalue weighted by molar-refractivity contribution is 0.922. The summed E-state index contributed by atoms with van der Waals surface area (Å²) in [7, 11) is 0. The van der Waals surface area contributed by atoms with Gasteiger partial charge < -0.3 is 4.90 Å². The minimum absolute atomic E-state index is 0.654. The molecule has 0 saturated carbocycles. The van der Waals surface area contributed by atoms with Crippen LogP contribution in [0, 0.1) is 14.9 Å². The van der Waals surface area contributed by atoms with Crippen molar-refractivity contribution in [3.05, 3.63) is 26.0 Å². The molecule has 1 aliphatic heterocycles. The molecule has 3 rings (SSSR count). The summed E-state index contributed by atoms with van der Waals surface area (Å²) >= 11 is 5.65. The fraction of sp³-hybridized carbons (Fsp3) is 0.333. The van der Waals surface area contributed by atoms with Crippen LogP contribution in [0.25, 0.3) is 5.65 Å². The first-order valence-corrected chi connectivity index (χ1v) is 7.59. The molecule has 1 fully saturated rings. The molecule has 1 aliphatic rings. The Bertz CT molecular complexity index is 652. The van der Waals surface area contributed by atoms with E-state index in [1.807, 2.05) is 12.4 Å². The number of fused-ring (bicyclic) bond motifs is 1. The summed E-state index contributed by atoms with van der Waals surface area (Å²) in [6.07, 6.45) is 6.32. The van der Waals surface area contributed by atoms with Crippen LogP contribution in [-0.4, -0.2) is 22.5 Å². The van der Waals surface area contributed by atoms with Gasteiger partial charge in [-0.2, -0.15) is 5.26 Å². The lowest BCUT2D eigenvalue weighted by atomic mass is 10.3. The number of imidazole rings is 1. The number of hydrogen-bond acceptors (Lipinski definition) is 3. The monoisotopic (exact) mass is 416 g/mol. The van der Waals surface area contributed by atoms with E-state index in [9.17, 15) is 0 Å². The number of anilines is 1. The molecular weight excluding hydrogens is 407 g/mol. The summed E-state index contributed by atoms with van der Waals surface area (Å²) in [5.41, 5.74) is 1.51. The zero-order chi connectivity index (χ0) is 12.7. The smallest absolute Gasteiger partial charge is 0.153 e. The number of rotatable bonds is 1. The Balaban J connectivity index is 2.23. The maximum Gasteiger partial charge on any atom is 0.153 e. The van der Waals surface area contributed by atoms with E-state index in [-0.39, 0.29) is 0 Å². The van der Waals surface area contributed by atoms with Crippen molar-refractivity contribution in [2.45, 2.75) is 12.8 Å². The first kappa shape index (κ1) is 12.2. The zero-order valence-corrected chi connectivity index (χ0v) is 13.3. The molecule has 0 N–H and O–H groups in total. The van der Waals surface area contributed by atoms with E-state index in [4.69, 9.17) is 5.26 Å². The Morgan fingerprint density at radius 3 is 2.78 bits per heavy atom. The van der Waals surface area contributed by atoms with Crippen molar-refractivity contribution >= 4 is 50.0 Å². The second-order valence-corrected chi connectivity index (χ2v) is 6.22. The molecule has 2 aromatic heterocycles. The van der Waals surface area contributed by atoms with Gasteiger partial charge in [0.05, 0.1) is 19.8 Å². The van der Waals surface area contributed by atoms with Crippen LogP contribution in [0.15, 0.2) is 16.9 Å². The normalized spacial score (nSPS) is 15.3. The molecular formula is C12H10BrIN4. The van der Waals surface area contributed by atoms with Crippen molar-refractivity contribution in [1.29, 1.82) is 5.26 Å². The number of aromatic nitrogens is 2. The van der Waals surface area contributed by atoms with E-state index in [0.717, 1.165) is 32.6 Å². The Hall–Kier alpha value is -0.810. The maximum absolute atomic E-state index is 9.14. The lowest BCUT2D eigenvalue weighted by Gasteiger charge is -2.16. The van der Waals surface area contributed by atoms with Crippen LogP contribution in [0.3, 0.4) is 0 Å². The first-order valence-electron chi connectivity index (χ1n) is 5.72.